The quantitative estimate of drug-likeness (QED) is 0.174. The minimum atomic E-state index is -0.673. The van der Waals surface area contributed by atoms with E-state index in [1.807, 2.05) is 31.5 Å². The molecule has 0 saturated heterocycles. The number of hydrogen-bond donors (Lipinski definition) is 1. The molecule has 1 unspecified atom stereocenters. The Morgan fingerprint density at radius 3 is 1.89 bits per heavy atom. The lowest BCUT2D eigenvalue weighted by molar-refractivity contribution is 0.816. The van der Waals surface area contributed by atoms with Gasteiger partial charge >= 0.3 is 5.71 Å². The molecule has 5 heteroatoms. The molecule has 0 bridgehead atoms. The Hall–Kier alpha value is -7.46. The van der Waals surface area contributed by atoms with Crippen molar-refractivity contribution in [3.05, 3.63) is 198 Å². The van der Waals surface area contributed by atoms with E-state index in [0.717, 1.165) is 61.5 Å². The summed E-state index contributed by atoms with van der Waals surface area (Å²) in [5, 5.41) is 3.61. The third-order valence-electron chi connectivity index (χ3n) is 11.7. The lowest BCUT2D eigenvalue weighted by atomic mass is 9.71. The molecule has 5 nitrogen and oxygen atoms in total. The Morgan fingerprint density at radius 2 is 1.25 bits per heavy atom. The van der Waals surface area contributed by atoms with Crippen LogP contribution in [0.25, 0.3) is 72.4 Å². The van der Waals surface area contributed by atoms with Crippen molar-refractivity contribution >= 4 is 56.5 Å². The van der Waals surface area contributed by atoms with Gasteiger partial charge in [0.1, 0.15) is 5.82 Å². The van der Waals surface area contributed by atoms with E-state index >= 15 is 0 Å². The van der Waals surface area contributed by atoms with Gasteiger partial charge in [0, 0.05) is 51.4 Å². The van der Waals surface area contributed by atoms with Gasteiger partial charge in [-0.25, -0.2) is 0 Å². The van der Waals surface area contributed by atoms with Crippen LogP contribution in [0.1, 0.15) is 29.3 Å². The van der Waals surface area contributed by atoms with E-state index in [4.69, 9.17) is 15.4 Å². The Morgan fingerprint density at radius 1 is 0.607 bits per heavy atom. The van der Waals surface area contributed by atoms with Gasteiger partial charge in [-0.3, -0.25) is 9.55 Å². The second kappa shape index (κ2) is 12.3. The number of benzene rings is 6. The van der Waals surface area contributed by atoms with Crippen molar-refractivity contribution in [2.45, 2.75) is 12.3 Å². The number of nitrogens with zero attached hydrogens (tertiary/aromatic N) is 4. The van der Waals surface area contributed by atoms with Crippen LogP contribution in [-0.4, -0.2) is 26.0 Å². The maximum absolute atomic E-state index is 7.14. The maximum atomic E-state index is 7.14. The summed E-state index contributed by atoms with van der Waals surface area (Å²) in [7, 11) is 0. The van der Waals surface area contributed by atoms with Crippen LogP contribution in [0.3, 0.4) is 0 Å². The molecule has 0 radical (unpaired) electrons. The summed E-state index contributed by atoms with van der Waals surface area (Å²) in [6.45, 7) is 2.04. The molecule has 56 heavy (non-hydrogen) atoms. The van der Waals surface area contributed by atoms with Gasteiger partial charge in [-0.15, -0.1) is 0 Å². The highest BCUT2D eigenvalue weighted by Gasteiger charge is 2.55. The Kier molecular flexibility index (Phi) is 7.02. The van der Waals surface area contributed by atoms with Gasteiger partial charge in [0.15, 0.2) is 5.41 Å². The third kappa shape index (κ3) is 4.43. The molecule has 2 N–H and O–H groups in total. The van der Waals surface area contributed by atoms with E-state index in [1.165, 1.54) is 32.9 Å². The second-order valence-corrected chi connectivity index (χ2v) is 14.5. The van der Waals surface area contributed by atoms with Crippen LogP contribution in [0.2, 0.25) is 0 Å². The molecule has 3 aromatic heterocycles. The van der Waals surface area contributed by atoms with Crippen molar-refractivity contribution < 1.29 is 0 Å². The van der Waals surface area contributed by atoms with Crippen LogP contribution in [0.4, 0.5) is 5.82 Å². The zero-order chi connectivity index (χ0) is 37.4. The SMILES string of the molecule is C/C=C\c1c(N)n(-c2ccc(-c3ccc(-n4c5ccccc5c5ccccc54)cc3)cc2)c2cc3c(cc12)C(C1=[N+]=CC=C1)(c1ccccn1)c1ccccc1-3. The number of rotatable bonds is 6. The number of allylic oxidation sites excluding steroid dienone is 3. The Bertz CT molecular complexity index is 3120. The first-order chi connectivity index (χ1) is 27.7. The number of aromatic nitrogens is 3. The first-order valence-electron chi connectivity index (χ1n) is 19.1. The second-order valence-electron chi connectivity index (χ2n) is 14.5. The highest BCUT2D eigenvalue weighted by Crippen LogP contribution is 2.54. The first-order valence-corrected chi connectivity index (χ1v) is 19.1. The largest absolute Gasteiger partial charge is 0.384 e. The van der Waals surface area contributed by atoms with E-state index in [2.05, 4.69) is 173 Å². The van der Waals surface area contributed by atoms with Gasteiger partial charge in [-0.05, 0) is 101 Å². The topological polar surface area (TPSA) is 62.9 Å². The minimum Gasteiger partial charge on any atom is -0.384 e. The minimum absolute atomic E-state index is 0.673. The number of anilines is 1. The van der Waals surface area contributed by atoms with Gasteiger partial charge in [0.25, 0.3) is 6.21 Å². The normalized spacial score (nSPS) is 15.7. The van der Waals surface area contributed by atoms with Crippen LogP contribution in [0, 0.1) is 0 Å². The number of nitrogen functional groups attached to an aromatic ring is 1. The fourth-order valence-corrected chi connectivity index (χ4v) is 9.32. The molecule has 9 aromatic rings. The molecule has 1 atom stereocenters. The van der Waals surface area contributed by atoms with Gasteiger partial charge in [-0.2, -0.15) is 0 Å². The van der Waals surface area contributed by atoms with Crippen molar-refractivity contribution in [3.8, 4) is 33.6 Å². The molecule has 0 saturated carbocycles. The first kappa shape index (κ1) is 32.0. The standard InChI is InChI=1S/C51H36N5/c1-2-12-40-42-31-44-41(37-13-3-6-16-43(37)51(44,49-20-11-30-54-49)48-19-9-10-29-53-48)32-47(42)56(50(40)52)36-27-23-34(24-28-36)33-21-25-35(26-22-33)55-45-17-7-4-14-38(45)39-15-5-8-18-46(39)55/h2-32H,52H2,1H3/q+1/b12-2-. The van der Waals surface area contributed by atoms with E-state index in [0.29, 0.717) is 5.82 Å². The summed E-state index contributed by atoms with van der Waals surface area (Å²) in [5.41, 5.74) is 22.0. The van der Waals surface area contributed by atoms with E-state index < -0.39 is 5.41 Å². The van der Waals surface area contributed by atoms with Gasteiger partial charge in [-0.1, -0.05) is 108 Å². The highest BCUT2D eigenvalue weighted by atomic mass is 15.1. The van der Waals surface area contributed by atoms with Gasteiger partial charge < -0.3 is 10.3 Å². The number of hydrogen-bond acceptors (Lipinski definition) is 2. The summed E-state index contributed by atoms with van der Waals surface area (Å²) >= 11 is 0. The molecule has 2 aliphatic rings. The van der Waals surface area contributed by atoms with Crippen LogP contribution < -0.4 is 10.4 Å². The smallest absolute Gasteiger partial charge is 0.324 e. The zero-order valence-corrected chi connectivity index (χ0v) is 30.8. The van der Waals surface area contributed by atoms with Gasteiger partial charge in [0.2, 0.25) is 0 Å². The molecule has 1 aliphatic carbocycles. The molecule has 1 aliphatic heterocycles. The van der Waals surface area contributed by atoms with Crippen LogP contribution in [-0.2, 0) is 5.41 Å². The lowest BCUT2D eigenvalue weighted by Gasteiger charge is -2.25. The van der Waals surface area contributed by atoms with E-state index in [9.17, 15) is 0 Å². The predicted molar refractivity (Wildman–Crippen MR) is 234 cm³/mol. The summed E-state index contributed by atoms with van der Waals surface area (Å²) in [6, 6.07) is 54.4. The van der Waals surface area contributed by atoms with Crippen molar-refractivity contribution in [2.75, 3.05) is 5.73 Å². The summed E-state index contributed by atoms with van der Waals surface area (Å²) in [6.07, 6.45) is 12.1. The Labute approximate surface area is 324 Å². The maximum Gasteiger partial charge on any atom is 0.324 e. The highest BCUT2D eigenvalue weighted by molar-refractivity contribution is 6.17. The Balaban J connectivity index is 1.04. The molecule has 0 amide bonds. The molecule has 11 rings (SSSR count). The third-order valence-corrected chi connectivity index (χ3v) is 11.7. The van der Waals surface area contributed by atoms with Gasteiger partial charge in [0.05, 0.1) is 22.2 Å². The van der Waals surface area contributed by atoms with Crippen LogP contribution in [0.15, 0.2) is 176 Å². The van der Waals surface area contributed by atoms with Crippen molar-refractivity contribution in [2.24, 2.45) is 0 Å². The van der Waals surface area contributed by atoms with Crippen molar-refractivity contribution in [1.82, 2.24) is 18.8 Å². The number of pyridine rings is 1. The number of fused-ring (bicyclic) bond motifs is 7. The fraction of sp³-hybridized carbons (Fsp3) is 0.0392. The van der Waals surface area contributed by atoms with Crippen LogP contribution in [0.5, 0.6) is 0 Å². The fourth-order valence-electron chi connectivity index (χ4n) is 9.32. The molecular formula is C51H36N5+. The van der Waals surface area contributed by atoms with Crippen molar-refractivity contribution in [3.63, 3.8) is 0 Å². The average molecular weight is 719 g/mol. The number of para-hydroxylation sites is 2. The molecule has 0 fully saturated rings. The molecule has 6 aromatic carbocycles. The predicted octanol–water partition coefficient (Wildman–Crippen LogP) is 10.9. The van der Waals surface area contributed by atoms with Crippen LogP contribution >= 0.6 is 0 Å². The summed E-state index contributed by atoms with van der Waals surface area (Å²) in [5.74, 6) is 0.702. The molecular weight excluding hydrogens is 683 g/mol. The molecule has 0 spiro atoms. The van der Waals surface area contributed by atoms with Crippen molar-refractivity contribution in [1.29, 1.82) is 0 Å². The summed E-state index contributed by atoms with van der Waals surface area (Å²) < 4.78 is 9.50. The number of nitrogens with two attached hydrogens (primary N) is 1. The van der Waals surface area contributed by atoms with E-state index in [1.54, 1.807) is 0 Å². The average Bonchev–Trinajstić information content (AvgIpc) is 4.03. The lowest BCUT2D eigenvalue weighted by Crippen LogP contribution is -2.37. The zero-order valence-electron chi connectivity index (χ0n) is 30.8. The molecule has 264 valence electrons. The monoisotopic (exact) mass is 718 g/mol. The van der Waals surface area contributed by atoms with E-state index in [-0.39, 0.29) is 0 Å². The summed E-state index contributed by atoms with van der Waals surface area (Å²) in [4.78, 5) is 4.99. The molecule has 4 heterocycles.